The van der Waals surface area contributed by atoms with Crippen LogP contribution in [0, 0.1) is 0 Å². The molecule has 1 aliphatic carbocycles. The second-order valence-electron chi connectivity index (χ2n) is 4.37. The maximum atomic E-state index is 12.2. The van der Waals surface area contributed by atoms with Crippen molar-refractivity contribution in [3.63, 3.8) is 0 Å². The Bertz CT molecular complexity index is 477. The molecule has 17 heavy (non-hydrogen) atoms. The van der Waals surface area contributed by atoms with Gasteiger partial charge in [0.05, 0.1) is 4.90 Å². The van der Waals surface area contributed by atoms with Gasteiger partial charge in [-0.25, -0.2) is 8.42 Å². The SMILES string of the molecule is CN(C1CC1)S(=O)(=O)c1ccc(CCO)cc1. The molecule has 0 amide bonds. The summed E-state index contributed by atoms with van der Waals surface area (Å²) in [4.78, 5) is 0.327. The molecule has 1 aromatic carbocycles. The van der Waals surface area contributed by atoms with E-state index in [1.165, 1.54) is 4.31 Å². The summed E-state index contributed by atoms with van der Waals surface area (Å²) in [6.45, 7) is 0.0775. The zero-order chi connectivity index (χ0) is 12.5. The van der Waals surface area contributed by atoms with E-state index >= 15 is 0 Å². The highest BCUT2D eigenvalue weighted by atomic mass is 32.2. The highest BCUT2D eigenvalue weighted by molar-refractivity contribution is 7.89. The van der Waals surface area contributed by atoms with E-state index < -0.39 is 10.0 Å². The average molecular weight is 255 g/mol. The van der Waals surface area contributed by atoms with Gasteiger partial charge in [0.1, 0.15) is 0 Å². The lowest BCUT2D eigenvalue weighted by atomic mass is 10.2. The third kappa shape index (κ3) is 2.68. The molecule has 1 fully saturated rings. The smallest absolute Gasteiger partial charge is 0.243 e. The highest BCUT2D eigenvalue weighted by Gasteiger charge is 2.34. The summed E-state index contributed by atoms with van der Waals surface area (Å²) >= 11 is 0. The Morgan fingerprint density at radius 1 is 1.29 bits per heavy atom. The van der Waals surface area contributed by atoms with E-state index in [9.17, 15) is 8.42 Å². The number of hydrogen-bond acceptors (Lipinski definition) is 3. The van der Waals surface area contributed by atoms with Crippen LogP contribution in [-0.2, 0) is 16.4 Å². The maximum Gasteiger partial charge on any atom is 0.243 e. The van der Waals surface area contributed by atoms with Crippen molar-refractivity contribution in [1.29, 1.82) is 0 Å². The molecule has 5 heteroatoms. The Morgan fingerprint density at radius 3 is 2.35 bits per heavy atom. The number of benzene rings is 1. The van der Waals surface area contributed by atoms with Crippen LogP contribution in [0.5, 0.6) is 0 Å². The first kappa shape index (κ1) is 12.5. The number of sulfonamides is 1. The van der Waals surface area contributed by atoms with E-state index in [-0.39, 0.29) is 12.6 Å². The zero-order valence-corrected chi connectivity index (χ0v) is 10.7. The standard InChI is InChI=1S/C12H17NO3S/c1-13(11-4-5-11)17(15,16)12-6-2-10(3-7-12)8-9-14/h2-3,6-7,11,14H,4-5,8-9H2,1H3. The molecule has 1 aromatic rings. The Kier molecular flexibility index (Phi) is 3.51. The van der Waals surface area contributed by atoms with Gasteiger partial charge in [0, 0.05) is 19.7 Å². The molecule has 0 radical (unpaired) electrons. The van der Waals surface area contributed by atoms with Crippen LogP contribution in [0.4, 0.5) is 0 Å². The normalized spacial score (nSPS) is 16.4. The Morgan fingerprint density at radius 2 is 1.88 bits per heavy atom. The molecule has 0 aromatic heterocycles. The van der Waals surface area contributed by atoms with Crippen LogP contribution in [-0.4, -0.2) is 37.5 Å². The van der Waals surface area contributed by atoms with Crippen molar-refractivity contribution in [3.05, 3.63) is 29.8 Å². The third-order valence-corrected chi connectivity index (χ3v) is 4.99. The van der Waals surface area contributed by atoms with E-state index in [1.807, 2.05) is 0 Å². The Balaban J connectivity index is 2.20. The van der Waals surface area contributed by atoms with Gasteiger partial charge in [-0.3, -0.25) is 0 Å². The minimum Gasteiger partial charge on any atom is -0.396 e. The fourth-order valence-corrected chi connectivity index (χ4v) is 3.17. The van der Waals surface area contributed by atoms with Crippen LogP contribution in [0.25, 0.3) is 0 Å². The topological polar surface area (TPSA) is 57.6 Å². The van der Waals surface area contributed by atoms with Gasteiger partial charge in [-0.15, -0.1) is 0 Å². The molecule has 0 aliphatic heterocycles. The van der Waals surface area contributed by atoms with Crippen LogP contribution < -0.4 is 0 Å². The van der Waals surface area contributed by atoms with E-state index in [1.54, 1.807) is 31.3 Å². The van der Waals surface area contributed by atoms with E-state index in [0.29, 0.717) is 11.3 Å². The first-order valence-electron chi connectivity index (χ1n) is 5.73. The van der Waals surface area contributed by atoms with Gasteiger partial charge in [-0.2, -0.15) is 4.31 Å². The molecule has 1 aliphatic rings. The fraction of sp³-hybridized carbons (Fsp3) is 0.500. The van der Waals surface area contributed by atoms with Gasteiger partial charge >= 0.3 is 0 Å². The van der Waals surface area contributed by atoms with Crippen molar-refractivity contribution in [2.45, 2.75) is 30.2 Å². The van der Waals surface area contributed by atoms with Crippen LogP contribution in [0.15, 0.2) is 29.2 Å². The monoisotopic (exact) mass is 255 g/mol. The number of aliphatic hydroxyl groups excluding tert-OH is 1. The summed E-state index contributed by atoms with van der Waals surface area (Å²) in [5.74, 6) is 0. The third-order valence-electron chi connectivity index (χ3n) is 3.06. The van der Waals surface area contributed by atoms with Gasteiger partial charge in [-0.05, 0) is 37.0 Å². The molecule has 0 bridgehead atoms. The largest absolute Gasteiger partial charge is 0.396 e. The van der Waals surface area contributed by atoms with Crippen molar-refractivity contribution in [1.82, 2.24) is 4.31 Å². The molecule has 94 valence electrons. The predicted octanol–water partition coefficient (Wildman–Crippen LogP) is 1.00. The van der Waals surface area contributed by atoms with Gasteiger partial charge in [-0.1, -0.05) is 12.1 Å². The molecular weight excluding hydrogens is 238 g/mol. The molecule has 0 unspecified atom stereocenters. The van der Waals surface area contributed by atoms with Gasteiger partial charge < -0.3 is 5.11 Å². The quantitative estimate of drug-likeness (QED) is 0.854. The number of hydrogen-bond donors (Lipinski definition) is 1. The average Bonchev–Trinajstić information content (AvgIpc) is 3.13. The Hall–Kier alpha value is -0.910. The van der Waals surface area contributed by atoms with E-state index in [2.05, 4.69) is 0 Å². The zero-order valence-electron chi connectivity index (χ0n) is 9.83. The first-order chi connectivity index (χ1) is 8.05. The van der Waals surface area contributed by atoms with E-state index in [0.717, 1.165) is 18.4 Å². The lowest BCUT2D eigenvalue weighted by Crippen LogP contribution is -2.28. The van der Waals surface area contributed by atoms with E-state index in [4.69, 9.17) is 5.11 Å². The molecule has 1 N–H and O–H groups in total. The van der Waals surface area contributed by atoms with Crippen molar-refractivity contribution in [2.24, 2.45) is 0 Å². The maximum absolute atomic E-state index is 12.2. The summed E-state index contributed by atoms with van der Waals surface area (Å²) in [7, 11) is -1.70. The van der Waals surface area contributed by atoms with Crippen molar-refractivity contribution in [3.8, 4) is 0 Å². The minimum absolute atomic E-state index is 0.0775. The molecular formula is C12H17NO3S. The molecule has 0 heterocycles. The minimum atomic E-state index is -3.34. The molecule has 2 rings (SSSR count). The summed E-state index contributed by atoms with van der Waals surface area (Å²) in [6.07, 6.45) is 2.47. The van der Waals surface area contributed by atoms with Crippen molar-refractivity contribution in [2.75, 3.05) is 13.7 Å². The summed E-state index contributed by atoms with van der Waals surface area (Å²) < 4.78 is 25.8. The molecule has 0 spiro atoms. The van der Waals surface area contributed by atoms with Crippen LogP contribution >= 0.6 is 0 Å². The van der Waals surface area contributed by atoms with Crippen LogP contribution in [0.2, 0.25) is 0 Å². The second-order valence-corrected chi connectivity index (χ2v) is 6.37. The molecule has 1 saturated carbocycles. The van der Waals surface area contributed by atoms with Crippen LogP contribution in [0.3, 0.4) is 0 Å². The van der Waals surface area contributed by atoms with Crippen molar-refractivity contribution < 1.29 is 13.5 Å². The Labute approximate surface area is 102 Å². The summed E-state index contributed by atoms with van der Waals surface area (Å²) in [5, 5.41) is 8.79. The van der Waals surface area contributed by atoms with Crippen LogP contribution in [0.1, 0.15) is 18.4 Å². The second kappa shape index (κ2) is 4.76. The number of rotatable bonds is 5. The first-order valence-corrected chi connectivity index (χ1v) is 7.17. The lowest BCUT2D eigenvalue weighted by molar-refractivity contribution is 0.299. The molecule has 0 atom stereocenters. The number of nitrogens with zero attached hydrogens (tertiary/aromatic N) is 1. The lowest BCUT2D eigenvalue weighted by Gasteiger charge is -2.16. The number of aliphatic hydroxyl groups is 1. The van der Waals surface area contributed by atoms with Crippen molar-refractivity contribution >= 4 is 10.0 Å². The highest BCUT2D eigenvalue weighted by Crippen LogP contribution is 2.30. The van der Waals surface area contributed by atoms with Gasteiger partial charge in [0.25, 0.3) is 0 Å². The van der Waals surface area contributed by atoms with Gasteiger partial charge in [0.2, 0.25) is 10.0 Å². The molecule has 4 nitrogen and oxygen atoms in total. The van der Waals surface area contributed by atoms with Gasteiger partial charge in [0.15, 0.2) is 0 Å². The summed E-state index contributed by atoms with van der Waals surface area (Å²) in [6, 6.07) is 6.91. The predicted molar refractivity (Wildman–Crippen MR) is 65.2 cm³/mol. The fourth-order valence-electron chi connectivity index (χ4n) is 1.76. The summed E-state index contributed by atoms with van der Waals surface area (Å²) in [5.41, 5.74) is 0.945. The molecule has 0 saturated heterocycles.